The average Bonchev–Trinajstić information content (AvgIpc) is 2.64. The van der Waals surface area contributed by atoms with Crippen molar-refractivity contribution >= 4 is 11.3 Å². The van der Waals surface area contributed by atoms with Crippen molar-refractivity contribution < 1.29 is 5.11 Å². The van der Waals surface area contributed by atoms with E-state index in [1.807, 2.05) is 6.92 Å². The Balaban J connectivity index is 2.16. The van der Waals surface area contributed by atoms with Gasteiger partial charge in [0.1, 0.15) is 0 Å². The summed E-state index contributed by atoms with van der Waals surface area (Å²) >= 11 is 1.60. The Hall–Kier alpha value is -0.410. The molecule has 0 aliphatic carbocycles. The predicted molar refractivity (Wildman–Crippen MR) is 65.2 cm³/mol. The molecule has 1 unspecified atom stereocenters. The maximum atomic E-state index is 9.86. The SMILES string of the molecule is CCCCCCCC(O)c1cnc(C)s1. The normalized spacial score (nSPS) is 13.0. The van der Waals surface area contributed by atoms with Crippen LogP contribution in [0.5, 0.6) is 0 Å². The first-order valence-corrected chi connectivity index (χ1v) is 6.66. The third-order valence-corrected chi connectivity index (χ3v) is 3.56. The molecule has 0 aliphatic rings. The Labute approximate surface area is 96.4 Å². The number of thiazole rings is 1. The van der Waals surface area contributed by atoms with Crippen molar-refractivity contribution in [3.8, 4) is 0 Å². The zero-order chi connectivity index (χ0) is 11.1. The van der Waals surface area contributed by atoms with Crippen molar-refractivity contribution in [1.29, 1.82) is 0 Å². The summed E-state index contributed by atoms with van der Waals surface area (Å²) in [7, 11) is 0. The van der Waals surface area contributed by atoms with Gasteiger partial charge >= 0.3 is 0 Å². The van der Waals surface area contributed by atoms with Gasteiger partial charge in [0.25, 0.3) is 0 Å². The largest absolute Gasteiger partial charge is 0.388 e. The van der Waals surface area contributed by atoms with E-state index in [1.165, 1.54) is 25.7 Å². The van der Waals surface area contributed by atoms with Crippen LogP contribution in [0.4, 0.5) is 0 Å². The van der Waals surface area contributed by atoms with Crippen molar-refractivity contribution in [1.82, 2.24) is 4.98 Å². The lowest BCUT2D eigenvalue weighted by atomic mass is 10.1. The molecule has 1 N–H and O–H groups in total. The molecule has 0 aliphatic heterocycles. The van der Waals surface area contributed by atoms with Crippen LogP contribution in [-0.4, -0.2) is 10.1 Å². The fraction of sp³-hybridized carbons (Fsp3) is 0.750. The monoisotopic (exact) mass is 227 g/mol. The maximum Gasteiger partial charge on any atom is 0.0898 e. The van der Waals surface area contributed by atoms with Gasteiger partial charge in [-0.2, -0.15) is 0 Å². The summed E-state index contributed by atoms with van der Waals surface area (Å²) in [5.74, 6) is 0. The summed E-state index contributed by atoms with van der Waals surface area (Å²) in [5, 5.41) is 10.9. The third-order valence-electron chi connectivity index (χ3n) is 2.55. The smallest absolute Gasteiger partial charge is 0.0898 e. The Morgan fingerprint density at radius 3 is 2.67 bits per heavy atom. The zero-order valence-corrected chi connectivity index (χ0v) is 10.5. The maximum absolute atomic E-state index is 9.86. The van der Waals surface area contributed by atoms with E-state index in [-0.39, 0.29) is 6.10 Å². The van der Waals surface area contributed by atoms with Crippen molar-refractivity contribution in [3.63, 3.8) is 0 Å². The van der Waals surface area contributed by atoms with Gasteiger partial charge in [-0.25, -0.2) is 4.98 Å². The predicted octanol–water partition coefficient (Wildman–Crippen LogP) is 3.85. The number of hydrogen-bond acceptors (Lipinski definition) is 3. The number of rotatable bonds is 7. The number of aryl methyl sites for hydroxylation is 1. The highest BCUT2D eigenvalue weighted by molar-refractivity contribution is 7.11. The molecule has 0 saturated heterocycles. The van der Waals surface area contributed by atoms with Gasteiger partial charge in [0.05, 0.1) is 16.0 Å². The quantitative estimate of drug-likeness (QED) is 0.718. The molecule has 2 nitrogen and oxygen atoms in total. The van der Waals surface area contributed by atoms with E-state index in [0.29, 0.717) is 0 Å². The number of aliphatic hydroxyl groups excluding tert-OH is 1. The molecule has 1 atom stereocenters. The third kappa shape index (κ3) is 4.76. The van der Waals surface area contributed by atoms with Gasteiger partial charge in [-0.3, -0.25) is 0 Å². The second-order valence-electron chi connectivity index (χ2n) is 4.00. The number of nitrogens with zero attached hydrogens (tertiary/aromatic N) is 1. The van der Waals surface area contributed by atoms with Crippen LogP contribution in [-0.2, 0) is 0 Å². The fourth-order valence-corrected chi connectivity index (χ4v) is 2.42. The lowest BCUT2D eigenvalue weighted by Gasteiger charge is -2.07. The van der Waals surface area contributed by atoms with Crippen LogP contribution >= 0.6 is 11.3 Å². The lowest BCUT2D eigenvalue weighted by Crippen LogP contribution is -1.94. The molecule has 0 amide bonds. The van der Waals surface area contributed by atoms with Crippen LogP contribution in [0.25, 0.3) is 0 Å². The van der Waals surface area contributed by atoms with Crippen LogP contribution < -0.4 is 0 Å². The highest BCUT2D eigenvalue weighted by Gasteiger charge is 2.09. The molecule has 1 heterocycles. The van der Waals surface area contributed by atoms with Crippen LogP contribution in [0.15, 0.2) is 6.20 Å². The van der Waals surface area contributed by atoms with E-state index in [1.54, 1.807) is 17.5 Å². The summed E-state index contributed by atoms with van der Waals surface area (Å²) in [6.45, 7) is 4.19. The summed E-state index contributed by atoms with van der Waals surface area (Å²) in [5.41, 5.74) is 0. The van der Waals surface area contributed by atoms with Crippen molar-refractivity contribution in [2.45, 2.75) is 58.5 Å². The van der Waals surface area contributed by atoms with Crippen LogP contribution in [0.2, 0.25) is 0 Å². The van der Waals surface area contributed by atoms with Crippen LogP contribution in [0.3, 0.4) is 0 Å². The average molecular weight is 227 g/mol. The van der Waals surface area contributed by atoms with Gasteiger partial charge in [-0.05, 0) is 13.3 Å². The van der Waals surface area contributed by atoms with E-state index in [2.05, 4.69) is 11.9 Å². The minimum atomic E-state index is -0.294. The van der Waals surface area contributed by atoms with Gasteiger partial charge < -0.3 is 5.11 Å². The molecule has 86 valence electrons. The van der Waals surface area contributed by atoms with E-state index < -0.39 is 0 Å². The van der Waals surface area contributed by atoms with Gasteiger partial charge in [0, 0.05) is 6.20 Å². The van der Waals surface area contributed by atoms with Crippen molar-refractivity contribution in [2.75, 3.05) is 0 Å². The Morgan fingerprint density at radius 2 is 2.07 bits per heavy atom. The van der Waals surface area contributed by atoms with Gasteiger partial charge in [0.2, 0.25) is 0 Å². The second-order valence-corrected chi connectivity index (χ2v) is 5.27. The van der Waals surface area contributed by atoms with E-state index in [9.17, 15) is 5.11 Å². The molecule has 0 bridgehead atoms. The number of aromatic nitrogens is 1. The molecule has 0 aromatic carbocycles. The minimum absolute atomic E-state index is 0.294. The summed E-state index contributed by atoms with van der Waals surface area (Å²) < 4.78 is 0. The van der Waals surface area contributed by atoms with E-state index in [4.69, 9.17) is 0 Å². The van der Waals surface area contributed by atoms with E-state index in [0.717, 1.165) is 22.7 Å². The first-order chi connectivity index (χ1) is 7.24. The molecular weight excluding hydrogens is 206 g/mol. The molecule has 0 spiro atoms. The summed E-state index contributed by atoms with van der Waals surface area (Å²) in [6.07, 6.45) is 8.64. The Bertz CT molecular complexity index is 272. The zero-order valence-electron chi connectivity index (χ0n) is 9.70. The Morgan fingerprint density at radius 1 is 1.33 bits per heavy atom. The summed E-state index contributed by atoms with van der Waals surface area (Å²) in [6, 6.07) is 0. The van der Waals surface area contributed by atoms with Crippen LogP contribution in [0, 0.1) is 6.92 Å². The minimum Gasteiger partial charge on any atom is -0.388 e. The Kier molecular flexibility index (Phi) is 5.88. The molecule has 15 heavy (non-hydrogen) atoms. The van der Waals surface area contributed by atoms with Crippen molar-refractivity contribution in [3.05, 3.63) is 16.1 Å². The first kappa shape index (κ1) is 12.7. The molecule has 0 fully saturated rings. The highest BCUT2D eigenvalue weighted by atomic mass is 32.1. The summed E-state index contributed by atoms with van der Waals surface area (Å²) in [4.78, 5) is 5.17. The number of unbranched alkanes of at least 4 members (excludes halogenated alkanes) is 4. The number of aliphatic hydroxyl groups is 1. The number of hydrogen-bond donors (Lipinski definition) is 1. The molecule has 3 heteroatoms. The standard InChI is InChI=1S/C12H21NOS/c1-3-4-5-6-7-8-11(14)12-9-13-10(2)15-12/h9,11,14H,3-8H2,1-2H3. The van der Waals surface area contributed by atoms with Crippen molar-refractivity contribution in [2.24, 2.45) is 0 Å². The van der Waals surface area contributed by atoms with E-state index >= 15 is 0 Å². The molecule has 1 rings (SSSR count). The fourth-order valence-electron chi connectivity index (χ4n) is 1.62. The molecule has 1 aromatic rings. The highest BCUT2D eigenvalue weighted by Crippen LogP contribution is 2.24. The second kappa shape index (κ2) is 6.96. The van der Waals surface area contributed by atoms with Gasteiger partial charge in [-0.1, -0.05) is 39.0 Å². The molecule has 0 radical (unpaired) electrons. The molecule has 0 saturated carbocycles. The lowest BCUT2D eigenvalue weighted by molar-refractivity contribution is 0.167. The molecule has 1 aromatic heterocycles. The van der Waals surface area contributed by atoms with Crippen LogP contribution in [0.1, 0.15) is 61.4 Å². The first-order valence-electron chi connectivity index (χ1n) is 5.84. The topological polar surface area (TPSA) is 33.1 Å². The van der Waals surface area contributed by atoms with Gasteiger partial charge in [-0.15, -0.1) is 11.3 Å². The molecular formula is C12H21NOS. The van der Waals surface area contributed by atoms with Gasteiger partial charge in [0.15, 0.2) is 0 Å².